The fourth-order valence-electron chi connectivity index (χ4n) is 2.42. The van der Waals surface area contributed by atoms with Gasteiger partial charge in [-0.1, -0.05) is 12.1 Å². The first-order valence-corrected chi connectivity index (χ1v) is 7.41. The van der Waals surface area contributed by atoms with E-state index in [9.17, 15) is 9.59 Å². The minimum absolute atomic E-state index is 0.0113. The number of carboxylic acid groups (broad SMARTS) is 1. The number of rotatable bonds is 6. The molecule has 120 valence electrons. The largest absolute Gasteiger partial charge is 0.494 e. The Morgan fingerprint density at radius 3 is 2.73 bits per heavy atom. The van der Waals surface area contributed by atoms with E-state index in [1.165, 1.54) is 0 Å². The van der Waals surface area contributed by atoms with Crippen molar-refractivity contribution in [1.82, 2.24) is 4.90 Å². The summed E-state index contributed by atoms with van der Waals surface area (Å²) in [6.45, 7) is 3.75. The summed E-state index contributed by atoms with van der Waals surface area (Å²) < 4.78 is 10.7. The minimum Gasteiger partial charge on any atom is -0.494 e. The lowest BCUT2D eigenvalue weighted by molar-refractivity contribution is -0.147. The van der Waals surface area contributed by atoms with Crippen molar-refractivity contribution in [2.45, 2.75) is 25.9 Å². The van der Waals surface area contributed by atoms with Crippen LogP contribution in [0.1, 0.15) is 18.9 Å². The zero-order valence-electron chi connectivity index (χ0n) is 12.7. The predicted octanol–water partition coefficient (Wildman–Crippen LogP) is 1.33. The molecule has 1 aliphatic rings. The van der Waals surface area contributed by atoms with Gasteiger partial charge in [0.15, 0.2) is 0 Å². The average Bonchev–Trinajstić information content (AvgIpc) is 2.49. The molecule has 1 saturated heterocycles. The molecule has 1 unspecified atom stereocenters. The number of morpholine rings is 1. The number of benzene rings is 1. The number of nitrogens with zero attached hydrogens (tertiary/aromatic N) is 1. The van der Waals surface area contributed by atoms with Gasteiger partial charge in [0.1, 0.15) is 5.75 Å². The minimum atomic E-state index is -0.911. The van der Waals surface area contributed by atoms with Crippen molar-refractivity contribution >= 4 is 11.9 Å². The van der Waals surface area contributed by atoms with E-state index in [2.05, 4.69) is 0 Å². The summed E-state index contributed by atoms with van der Waals surface area (Å²) in [6, 6.07) is 7.44. The van der Waals surface area contributed by atoms with E-state index in [0.29, 0.717) is 32.7 Å². The monoisotopic (exact) mass is 307 g/mol. The Kier molecular flexibility index (Phi) is 5.77. The van der Waals surface area contributed by atoms with Crippen LogP contribution in [0.2, 0.25) is 0 Å². The van der Waals surface area contributed by atoms with Gasteiger partial charge in [-0.25, -0.2) is 0 Å². The summed E-state index contributed by atoms with van der Waals surface area (Å²) in [7, 11) is 0. The highest BCUT2D eigenvalue weighted by Gasteiger charge is 2.25. The molecule has 0 bridgehead atoms. The van der Waals surface area contributed by atoms with E-state index in [4.69, 9.17) is 14.6 Å². The Bertz CT molecular complexity index is 514. The molecule has 1 atom stereocenters. The van der Waals surface area contributed by atoms with Crippen molar-refractivity contribution in [3.05, 3.63) is 29.8 Å². The molecule has 0 aliphatic carbocycles. The first-order chi connectivity index (χ1) is 10.6. The SMILES string of the molecule is CCOc1ccc(CC(=O)N2CCOC(CC(=O)O)C2)cc1. The van der Waals surface area contributed by atoms with Crippen molar-refractivity contribution in [3.63, 3.8) is 0 Å². The summed E-state index contributed by atoms with van der Waals surface area (Å²) in [5.74, 6) is -0.139. The number of ether oxygens (including phenoxy) is 2. The topological polar surface area (TPSA) is 76.1 Å². The fraction of sp³-hybridized carbons (Fsp3) is 0.500. The summed E-state index contributed by atoms with van der Waals surface area (Å²) >= 11 is 0. The zero-order valence-corrected chi connectivity index (χ0v) is 12.7. The van der Waals surface area contributed by atoms with Gasteiger partial charge in [0, 0.05) is 13.1 Å². The van der Waals surface area contributed by atoms with Gasteiger partial charge in [-0.2, -0.15) is 0 Å². The third-order valence-electron chi connectivity index (χ3n) is 3.48. The van der Waals surface area contributed by atoms with Crippen LogP contribution in [-0.4, -0.2) is 54.3 Å². The van der Waals surface area contributed by atoms with Crippen LogP contribution in [0.5, 0.6) is 5.75 Å². The van der Waals surface area contributed by atoms with Gasteiger partial charge in [0.25, 0.3) is 0 Å². The van der Waals surface area contributed by atoms with Crippen molar-refractivity contribution in [2.75, 3.05) is 26.3 Å². The van der Waals surface area contributed by atoms with Gasteiger partial charge in [-0.3, -0.25) is 9.59 Å². The molecule has 0 saturated carbocycles. The third kappa shape index (κ3) is 4.73. The highest BCUT2D eigenvalue weighted by atomic mass is 16.5. The molecule has 0 radical (unpaired) electrons. The molecule has 0 spiro atoms. The number of hydrogen-bond donors (Lipinski definition) is 1. The summed E-state index contributed by atoms with van der Waals surface area (Å²) in [5.41, 5.74) is 0.912. The Labute approximate surface area is 129 Å². The molecule has 1 N–H and O–H groups in total. The highest BCUT2D eigenvalue weighted by Crippen LogP contribution is 2.15. The molecule has 1 aliphatic heterocycles. The standard InChI is InChI=1S/C16H21NO5/c1-2-21-13-5-3-12(4-6-13)9-15(18)17-7-8-22-14(11-17)10-16(19)20/h3-6,14H,2,7-11H2,1H3,(H,19,20). The second-order valence-corrected chi connectivity index (χ2v) is 5.18. The van der Waals surface area contributed by atoms with Crippen molar-refractivity contribution in [3.8, 4) is 5.75 Å². The van der Waals surface area contributed by atoms with Crippen molar-refractivity contribution < 1.29 is 24.2 Å². The molecule has 1 amide bonds. The van der Waals surface area contributed by atoms with Gasteiger partial charge in [0.2, 0.25) is 5.91 Å². The second-order valence-electron chi connectivity index (χ2n) is 5.18. The third-order valence-corrected chi connectivity index (χ3v) is 3.48. The average molecular weight is 307 g/mol. The Morgan fingerprint density at radius 2 is 2.09 bits per heavy atom. The van der Waals surface area contributed by atoms with Crippen LogP contribution in [0, 0.1) is 0 Å². The number of hydrogen-bond acceptors (Lipinski definition) is 4. The smallest absolute Gasteiger partial charge is 0.306 e. The quantitative estimate of drug-likeness (QED) is 0.858. The molecule has 22 heavy (non-hydrogen) atoms. The lowest BCUT2D eigenvalue weighted by atomic mass is 10.1. The lowest BCUT2D eigenvalue weighted by Crippen LogP contribution is -2.46. The van der Waals surface area contributed by atoms with E-state index >= 15 is 0 Å². The normalized spacial score (nSPS) is 18.0. The summed E-state index contributed by atoms with van der Waals surface area (Å²) in [5, 5.41) is 8.80. The molecule has 1 fully saturated rings. The van der Waals surface area contributed by atoms with Gasteiger partial charge in [-0.15, -0.1) is 0 Å². The van der Waals surface area contributed by atoms with Crippen LogP contribution in [0.4, 0.5) is 0 Å². The van der Waals surface area contributed by atoms with Crippen LogP contribution in [0.15, 0.2) is 24.3 Å². The van der Waals surface area contributed by atoms with Crippen LogP contribution < -0.4 is 4.74 Å². The summed E-state index contributed by atoms with van der Waals surface area (Å²) in [4.78, 5) is 24.7. The molecule has 1 heterocycles. The van der Waals surface area contributed by atoms with Gasteiger partial charge in [0.05, 0.1) is 32.2 Å². The zero-order chi connectivity index (χ0) is 15.9. The molecule has 1 aromatic rings. The molecular formula is C16H21NO5. The Hall–Kier alpha value is -2.08. The van der Waals surface area contributed by atoms with Gasteiger partial charge < -0.3 is 19.5 Å². The predicted molar refractivity (Wildman–Crippen MR) is 79.9 cm³/mol. The first kappa shape index (κ1) is 16.3. The van der Waals surface area contributed by atoms with E-state index in [-0.39, 0.29) is 12.3 Å². The molecule has 0 aromatic heterocycles. The van der Waals surface area contributed by atoms with E-state index in [0.717, 1.165) is 11.3 Å². The number of amides is 1. The van der Waals surface area contributed by atoms with Crippen molar-refractivity contribution in [1.29, 1.82) is 0 Å². The molecule has 1 aromatic carbocycles. The van der Waals surface area contributed by atoms with Crippen LogP contribution in [-0.2, 0) is 20.7 Å². The first-order valence-electron chi connectivity index (χ1n) is 7.41. The number of carboxylic acids is 1. The van der Waals surface area contributed by atoms with Crippen molar-refractivity contribution in [2.24, 2.45) is 0 Å². The van der Waals surface area contributed by atoms with Crippen LogP contribution in [0.3, 0.4) is 0 Å². The van der Waals surface area contributed by atoms with Gasteiger partial charge in [-0.05, 0) is 24.6 Å². The maximum atomic E-state index is 12.3. The molecular weight excluding hydrogens is 286 g/mol. The highest BCUT2D eigenvalue weighted by molar-refractivity contribution is 5.79. The van der Waals surface area contributed by atoms with Gasteiger partial charge >= 0.3 is 5.97 Å². The number of aliphatic carboxylic acids is 1. The fourth-order valence-corrected chi connectivity index (χ4v) is 2.42. The number of carbonyl (C=O) groups is 2. The maximum absolute atomic E-state index is 12.3. The Balaban J connectivity index is 1.89. The van der Waals surface area contributed by atoms with Crippen LogP contribution >= 0.6 is 0 Å². The number of carbonyl (C=O) groups excluding carboxylic acids is 1. The van der Waals surface area contributed by atoms with E-state index in [1.54, 1.807) is 4.90 Å². The second kappa shape index (κ2) is 7.79. The Morgan fingerprint density at radius 1 is 1.36 bits per heavy atom. The summed E-state index contributed by atoms with van der Waals surface area (Å²) in [6.07, 6.45) is -0.200. The molecule has 6 nitrogen and oxygen atoms in total. The molecule has 6 heteroatoms. The van der Waals surface area contributed by atoms with E-state index in [1.807, 2.05) is 31.2 Å². The van der Waals surface area contributed by atoms with Crippen LogP contribution in [0.25, 0.3) is 0 Å². The van der Waals surface area contributed by atoms with E-state index < -0.39 is 12.1 Å². The maximum Gasteiger partial charge on any atom is 0.306 e. The molecule has 2 rings (SSSR count). The lowest BCUT2D eigenvalue weighted by Gasteiger charge is -2.32.